The lowest BCUT2D eigenvalue weighted by atomic mass is 9.93. The fourth-order valence-electron chi connectivity index (χ4n) is 2.39. The molecule has 0 saturated carbocycles. The van der Waals surface area contributed by atoms with Crippen molar-refractivity contribution in [2.75, 3.05) is 13.7 Å². The molecular weight excluding hydrogens is 296 g/mol. The molecule has 2 N–H and O–H groups in total. The van der Waals surface area contributed by atoms with E-state index in [1.165, 1.54) is 25.3 Å². The molecular formula is C18H22O5. The van der Waals surface area contributed by atoms with Gasteiger partial charge >= 0.3 is 0 Å². The molecule has 0 amide bonds. The molecule has 5 nitrogen and oxygen atoms in total. The minimum atomic E-state index is -1.04. The number of ketones is 1. The van der Waals surface area contributed by atoms with Crippen LogP contribution in [0, 0.1) is 0 Å². The number of methoxy groups -OCH3 is 1. The van der Waals surface area contributed by atoms with Crippen LogP contribution in [0.25, 0.3) is 0 Å². The first-order chi connectivity index (χ1) is 11.0. The third-order valence-electron chi connectivity index (χ3n) is 3.77. The first-order valence-electron chi connectivity index (χ1n) is 7.65. The van der Waals surface area contributed by atoms with Gasteiger partial charge in [-0.15, -0.1) is 0 Å². The van der Waals surface area contributed by atoms with Crippen molar-refractivity contribution in [3.05, 3.63) is 53.3 Å². The average Bonchev–Trinajstić information content (AvgIpc) is 2.54. The number of rotatable bonds is 7. The van der Waals surface area contributed by atoms with Crippen molar-refractivity contribution in [1.82, 2.24) is 0 Å². The van der Waals surface area contributed by atoms with E-state index in [1.807, 2.05) is 0 Å². The summed E-state index contributed by atoms with van der Waals surface area (Å²) in [5.41, 5.74) is 0.496. The van der Waals surface area contributed by atoms with E-state index in [-0.39, 0.29) is 29.3 Å². The standard InChI is InChI=1S/C18H22O5/c1-3-4-10-23-18(22-2)9-8-15(16(20)12-18)17(21)13-6-5-7-14(19)11-13/h5-9,11,19-20H,3-4,10,12H2,1-2H3. The number of ether oxygens (including phenoxy) is 2. The Morgan fingerprint density at radius 2 is 2.13 bits per heavy atom. The first kappa shape index (κ1) is 17.2. The average molecular weight is 318 g/mol. The number of phenolic OH excluding ortho intramolecular Hbond substituents is 1. The normalized spacial score (nSPS) is 20.8. The van der Waals surface area contributed by atoms with E-state index in [0.717, 1.165) is 12.8 Å². The Kier molecular flexibility index (Phi) is 5.58. The van der Waals surface area contributed by atoms with E-state index < -0.39 is 5.79 Å². The quantitative estimate of drug-likeness (QED) is 0.457. The fourth-order valence-corrected chi connectivity index (χ4v) is 2.39. The molecule has 5 heteroatoms. The number of Topliss-reactive ketones (excluding diaryl/α,β-unsaturated/α-hetero) is 1. The molecule has 1 aliphatic rings. The topological polar surface area (TPSA) is 76.0 Å². The second-order valence-electron chi connectivity index (χ2n) is 5.47. The second kappa shape index (κ2) is 7.44. The number of hydrogen-bond donors (Lipinski definition) is 2. The molecule has 0 radical (unpaired) electrons. The number of aromatic hydroxyl groups is 1. The van der Waals surface area contributed by atoms with Gasteiger partial charge in [0.1, 0.15) is 11.5 Å². The van der Waals surface area contributed by atoms with Crippen LogP contribution in [0.1, 0.15) is 36.5 Å². The van der Waals surface area contributed by atoms with Crippen molar-refractivity contribution in [2.24, 2.45) is 0 Å². The molecule has 1 unspecified atom stereocenters. The maximum Gasteiger partial charge on any atom is 0.196 e. The monoisotopic (exact) mass is 318 g/mol. The number of carbonyl (C=O) groups is 1. The smallest absolute Gasteiger partial charge is 0.196 e. The summed E-state index contributed by atoms with van der Waals surface area (Å²) < 4.78 is 11.1. The zero-order valence-corrected chi connectivity index (χ0v) is 13.4. The Labute approximate surface area is 135 Å². The maximum atomic E-state index is 12.5. The molecule has 0 fully saturated rings. The fraction of sp³-hybridized carbons (Fsp3) is 0.389. The highest BCUT2D eigenvalue weighted by molar-refractivity contribution is 6.11. The van der Waals surface area contributed by atoms with Crippen LogP contribution in [0.2, 0.25) is 0 Å². The van der Waals surface area contributed by atoms with Gasteiger partial charge in [-0.1, -0.05) is 25.5 Å². The van der Waals surface area contributed by atoms with E-state index in [1.54, 1.807) is 18.2 Å². The number of hydrogen-bond acceptors (Lipinski definition) is 5. The van der Waals surface area contributed by atoms with Crippen molar-refractivity contribution in [3.63, 3.8) is 0 Å². The third-order valence-corrected chi connectivity index (χ3v) is 3.77. The lowest BCUT2D eigenvalue weighted by Crippen LogP contribution is -2.36. The number of allylic oxidation sites excluding steroid dienone is 2. The predicted octanol–water partition coefficient (Wildman–Crippen LogP) is 3.51. The number of phenols is 1. The van der Waals surface area contributed by atoms with Crippen LogP contribution in [0.15, 0.2) is 47.7 Å². The zero-order chi connectivity index (χ0) is 16.9. The van der Waals surface area contributed by atoms with Gasteiger partial charge in [0.25, 0.3) is 0 Å². The summed E-state index contributed by atoms with van der Waals surface area (Å²) in [6.07, 6.45) is 5.12. The molecule has 2 rings (SSSR count). The SMILES string of the molecule is CCCCOC1(OC)C=CC(C(=O)c2cccc(O)c2)=C(O)C1. The van der Waals surface area contributed by atoms with Gasteiger partial charge < -0.3 is 19.7 Å². The Morgan fingerprint density at radius 3 is 2.74 bits per heavy atom. The number of carbonyl (C=O) groups excluding carboxylic acids is 1. The molecule has 23 heavy (non-hydrogen) atoms. The third kappa shape index (κ3) is 4.00. The van der Waals surface area contributed by atoms with Crippen LogP contribution in [0.5, 0.6) is 5.75 Å². The largest absolute Gasteiger partial charge is 0.511 e. The van der Waals surface area contributed by atoms with Crippen LogP contribution >= 0.6 is 0 Å². The summed E-state index contributed by atoms with van der Waals surface area (Å²) >= 11 is 0. The van der Waals surface area contributed by atoms with Crippen LogP contribution in [0.3, 0.4) is 0 Å². The van der Waals surface area contributed by atoms with Crippen molar-refractivity contribution in [2.45, 2.75) is 32.0 Å². The lowest BCUT2D eigenvalue weighted by Gasteiger charge is -2.32. The van der Waals surface area contributed by atoms with Gasteiger partial charge in [0.2, 0.25) is 0 Å². The molecule has 0 spiro atoms. The second-order valence-corrected chi connectivity index (χ2v) is 5.47. The van der Waals surface area contributed by atoms with Crippen LogP contribution in [-0.4, -0.2) is 35.5 Å². The van der Waals surface area contributed by atoms with Crippen LogP contribution in [-0.2, 0) is 9.47 Å². The van der Waals surface area contributed by atoms with Gasteiger partial charge in [-0.2, -0.15) is 0 Å². The zero-order valence-electron chi connectivity index (χ0n) is 13.4. The molecule has 1 aromatic rings. The first-order valence-corrected chi connectivity index (χ1v) is 7.65. The molecule has 1 aromatic carbocycles. The van der Waals surface area contributed by atoms with Gasteiger partial charge in [0.15, 0.2) is 11.6 Å². The minimum absolute atomic E-state index is 0.00451. The van der Waals surface area contributed by atoms with Gasteiger partial charge in [0.05, 0.1) is 18.6 Å². The molecule has 0 aliphatic heterocycles. The van der Waals surface area contributed by atoms with E-state index >= 15 is 0 Å². The van der Waals surface area contributed by atoms with Crippen molar-refractivity contribution in [1.29, 1.82) is 0 Å². The molecule has 0 saturated heterocycles. The van der Waals surface area contributed by atoms with E-state index in [2.05, 4.69) is 6.92 Å². The lowest BCUT2D eigenvalue weighted by molar-refractivity contribution is -0.191. The number of unbranched alkanes of at least 4 members (excludes halogenated alkanes) is 1. The summed E-state index contributed by atoms with van der Waals surface area (Å²) in [4.78, 5) is 12.5. The Balaban J connectivity index is 2.18. The predicted molar refractivity (Wildman–Crippen MR) is 86.4 cm³/mol. The van der Waals surface area contributed by atoms with Gasteiger partial charge in [0, 0.05) is 12.7 Å². The highest BCUT2D eigenvalue weighted by atomic mass is 16.7. The highest BCUT2D eigenvalue weighted by Gasteiger charge is 2.34. The van der Waals surface area contributed by atoms with Crippen molar-refractivity contribution in [3.8, 4) is 5.75 Å². The summed E-state index contributed by atoms with van der Waals surface area (Å²) in [6.45, 7) is 2.57. The Hall–Kier alpha value is -2.11. The summed E-state index contributed by atoms with van der Waals surface area (Å²) in [7, 11) is 1.51. The Bertz CT molecular complexity index is 632. The summed E-state index contributed by atoms with van der Waals surface area (Å²) in [6, 6.07) is 6.03. The Morgan fingerprint density at radius 1 is 1.35 bits per heavy atom. The van der Waals surface area contributed by atoms with Crippen LogP contribution < -0.4 is 0 Å². The minimum Gasteiger partial charge on any atom is -0.511 e. The number of benzene rings is 1. The molecule has 0 heterocycles. The molecule has 1 atom stereocenters. The van der Waals surface area contributed by atoms with E-state index in [0.29, 0.717) is 12.2 Å². The molecule has 124 valence electrons. The van der Waals surface area contributed by atoms with Gasteiger partial charge in [-0.25, -0.2) is 0 Å². The van der Waals surface area contributed by atoms with Crippen molar-refractivity contribution < 1.29 is 24.5 Å². The van der Waals surface area contributed by atoms with Gasteiger partial charge in [-0.05, 0) is 30.7 Å². The summed E-state index contributed by atoms with van der Waals surface area (Å²) in [5, 5.41) is 19.8. The molecule has 0 aromatic heterocycles. The number of aliphatic hydroxyl groups excluding tert-OH is 1. The maximum absolute atomic E-state index is 12.5. The van der Waals surface area contributed by atoms with E-state index in [4.69, 9.17) is 9.47 Å². The van der Waals surface area contributed by atoms with Crippen molar-refractivity contribution >= 4 is 5.78 Å². The molecule has 0 bridgehead atoms. The molecule has 1 aliphatic carbocycles. The number of aliphatic hydroxyl groups is 1. The van der Waals surface area contributed by atoms with Gasteiger partial charge in [-0.3, -0.25) is 4.79 Å². The highest BCUT2D eigenvalue weighted by Crippen LogP contribution is 2.31. The van der Waals surface area contributed by atoms with Crippen LogP contribution in [0.4, 0.5) is 0 Å². The van der Waals surface area contributed by atoms with E-state index in [9.17, 15) is 15.0 Å². The summed E-state index contributed by atoms with van der Waals surface area (Å²) in [5.74, 6) is -1.47.